The van der Waals surface area contributed by atoms with Gasteiger partial charge in [-0.1, -0.05) is 0 Å². The van der Waals surface area contributed by atoms with Gasteiger partial charge >= 0.3 is 12.4 Å². The maximum absolute atomic E-state index is 13.0. The van der Waals surface area contributed by atoms with Gasteiger partial charge in [-0.05, 0) is 19.1 Å². The molecule has 25 heavy (non-hydrogen) atoms. The quantitative estimate of drug-likeness (QED) is 0.763. The zero-order valence-electron chi connectivity index (χ0n) is 12.5. The molecular weight excluding hydrogens is 352 g/mol. The van der Waals surface area contributed by atoms with Crippen LogP contribution in [0.2, 0.25) is 0 Å². The molecule has 1 aromatic carbocycles. The fraction of sp³-hybridized carbons (Fsp3) is 0.357. The van der Waals surface area contributed by atoms with Crippen molar-refractivity contribution in [1.29, 1.82) is 5.26 Å². The highest BCUT2D eigenvalue weighted by Gasteiger charge is 2.46. The van der Waals surface area contributed by atoms with Crippen molar-refractivity contribution >= 4 is 16.7 Å². The number of fused-ring (bicyclic) bond motifs is 1. The third kappa shape index (κ3) is 2.88. The second kappa shape index (κ2) is 5.11. The Hall–Kier alpha value is -2.77. The van der Waals surface area contributed by atoms with Crippen molar-refractivity contribution in [3.63, 3.8) is 0 Å². The molecule has 1 aliphatic heterocycles. The number of rotatable bonds is 1. The van der Waals surface area contributed by atoms with Crippen LogP contribution in [0, 0.1) is 11.3 Å². The van der Waals surface area contributed by atoms with Crippen molar-refractivity contribution in [2.75, 3.05) is 0 Å². The Kier molecular flexibility index (Phi) is 3.49. The molecular formula is C14H9F6N5. The average molecular weight is 361 g/mol. The first-order chi connectivity index (χ1) is 11.4. The average Bonchev–Trinajstić information content (AvgIpc) is 3.08. The van der Waals surface area contributed by atoms with Gasteiger partial charge in [-0.3, -0.25) is 5.43 Å². The standard InChI is InChI=1S/C14H9F6N5/c1-12(4-10(24-25-12)14(18,19)20)11-22-8-2-6(5-21)7(13(15,16)17)3-9(8)23-11/h2-3,25H,4H2,1H3,(H,22,23). The molecule has 2 heterocycles. The zero-order valence-corrected chi connectivity index (χ0v) is 12.5. The summed E-state index contributed by atoms with van der Waals surface area (Å²) in [6.45, 7) is 1.39. The van der Waals surface area contributed by atoms with Gasteiger partial charge in [-0.2, -0.15) is 36.7 Å². The van der Waals surface area contributed by atoms with E-state index >= 15 is 0 Å². The molecule has 0 radical (unpaired) electrons. The van der Waals surface area contributed by atoms with Crippen LogP contribution in [-0.2, 0) is 11.7 Å². The van der Waals surface area contributed by atoms with E-state index in [4.69, 9.17) is 5.26 Å². The van der Waals surface area contributed by atoms with Crippen molar-refractivity contribution in [2.45, 2.75) is 31.2 Å². The Balaban J connectivity index is 2.05. The summed E-state index contributed by atoms with van der Waals surface area (Å²) in [4.78, 5) is 6.63. The van der Waals surface area contributed by atoms with Crippen molar-refractivity contribution in [3.8, 4) is 6.07 Å². The number of hydrazone groups is 1. The number of aromatic nitrogens is 2. The lowest BCUT2D eigenvalue weighted by Crippen LogP contribution is -2.34. The molecule has 3 rings (SSSR count). The van der Waals surface area contributed by atoms with E-state index in [2.05, 4.69) is 20.5 Å². The van der Waals surface area contributed by atoms with Crippen LogP contribution in [0.25, 0.3) is 11.0 Å². The minimum Gasteiger partial charge on any atom is -0.340 e. The van der Waals surface area contributed by atoms with E-state index < -0.39 is 41.2 Å². The van der Waals surface area contributed by atoms with E-state index in [1.54, 1.807) is 0 Å². The molecule has 0 amide bonds. The van der Waals surface area contributed by atoms with Crippen molar-refractivity contribution < 1.29 is 26.3 Å². The van der Waals surface area contributed by atoms with Gasteiger partial charge in [0.15, 0.2) is 0 Å². The van der Waals surface area contributed by atoms with Crippen molar-refractivity contribution in [3.05, 3.63) is 29.1 Å². The molecule has 0 bridgehead atoms. The molecule has 2 N–H and O–H groups in total. The first-order valence-electron chi connectivity index (χ1n) is 6.86. The minimum atomic E-state index is -4.74. The second-order valence-electron chi connectivity index (χ2n) is 5.79. The monoisotopic (exact) mass is 361 g/mol. The van der Waals surface area contributed by atoms with Gasteiger partial charge in [0.25, 0.3) is 0 Å². The van der Waals surface area contributed by atoms with E-state index in [1.807, 2.05) is 0 Å². The van der Waals surface area contributed by atoms with E-state index in [0.29, 0.717) is 6.07 Å². The fourth-order valence-corrected chi connectivity index (χ4v) is 2.55. The Labute approximate surface area is 136 Å². The third-order valence-electron chi connectivity index (χ3n) is 3.86. The van der Waals surface area contributed by atoms with E-state index in [1.165, 1.54) is 13.0 Å². The lowest BCUT2D eigenvalue weighted by Gasteiger charge is -2.20. The van der Waals surface area contributed by atoms with E-state index in [0.717, 1.165) is 6.07 Å². The molecule has 1 unspecified atom stereocenters. The summed E-state index contributed by atoms with van der Waals surface area (Å²) in [6, 6.07) is 3.11. The summed E-state index contributed by atoms with van der Waals surface area (Å²) < 4.78 is 77.2. The molecule has 1 aliphatic rings. The lowest BCUT2D eigenvalue weighted by atomic mass is 9.96. The highest BCUT2D eigenvalue weighted by atomic mass is 19.4. The number of alkyl halides is 6. The predicted octanol–water partition coefficient (Wildman–Crippen LogP) is 3.58. The largest absolute Gasteiger partial charge is 0.431 e. The third-order valence-corrected chi connectivity index (χ3v) is 3.86. The summed E-state index contributed by atoms with van der Waals surface area (Å²) >= 11 is 0. The molecule has 2 aromatic rings. The summed E-state index contributed by atoms with van der Waals surface area (Å²) in [7, 11) is 0. The molecule has 0 saturated heterocycles. The highest BCUT2D eigenvalue weighted by molar-refractivity contribution is 5.92. The summed E-state index contributed by atoms with van der Waals surface area (Å²) in [5.74, 6) is -0.00582. The fourth-order valence-electron chi connectivity index (χ4n) is 2.55. The Morgan fingerprint density at radius 2 is 1.84 bits per heavy atom. The number of aromatic amines is 1. The molecule has 1 aromatic heterocycles. The number of nitriles is 1. The lowest BCUT2D eigenvalue weighted by molar-refractivity contribution is -0.137. The second-order valence-corrected chi connectivity index (χ2v) is 5.79. The van der Waals surface area contributed by atoms with Crippen LogP contribution in [0.5, 0.6) is 0 Å². The number of H-pyrrole nitrogens is 1. The van der Waals surface area contributed by atoms with Gasteiger partial charge in [0, 0.05) is 6.42 Å². The number of benzene rings is 1. The number of nitrogens with one attached hydrogen (secondary N) is 2. The van der Waals surface area contributed by atoms with Crippen molar-refractivity contribution in [1.82, 2.24) is 15.4 Å². The molecule has 0 fully saturated rings. The van der Waals surface area contributed by atoms with Crippen LogP contribution >= 0.6 is 0 Å². The zero-order chi connectivity index (χ0) is 18.6. The van der Waals surface area contributed by atoms with Crippen molar-refractivity contribution in [2.24, 2.45) is 5.10 Å². The van der Waals surface area contributed by atoms with Gasteiger partial charge < -0.3 is 4.98 Å². The summed E-state index contributed by atoms with van der Waals surface area (Å²) in [5, 5.41) is 12.1. The normalized spacial score (nSPS) is 21.1. The van der Waals surface area contributed by atoms with Crippen LogP contribution in [0.4, 0.5) is 26.3 Å². The molecule has 0 aliphatic carbocycles. The number of hydrogen-bond acceptors (Lipinski definition) is 4. The van der Waals surface area contributed by atoms with Crippen LogP contribution in [0.15, 0.2) is 17.2 Å². The maximum Gasteiger partial charge on any atom is 0.431 e. The molecule has 1 atom stereocenters. The Bertz CT molecular complexity index is 917. The number of halogens is 6. The molecule has 0 saturated carbocycles. The van der Waals surface area contributed by atoms with Crippen LogP contribution in [0.3, 0.4) is 0 Å². The Morgan fingerprint density at radius 1 is 1.16 bits per heavy atom. The first kappa shape index (κ1) is 17.1. The van der Waals surface area contributed by atoms with Gasteiger partial charge in [0.2, 0.25) is 0 Å². The van der Waals surface area contributed by atoms with Gasteiger partial charge in [0.1, 0.15) is 17.1 Å². The van der Waals surface area contributed by atoms with E-state index in [-0.39, 0.29) is 16.9 Å². The summed E-state index contributed by atoms with van der Waals surface area (Å²) in [6.07, 6.45) is -9.89. The predicted molar refractivity (Wildman–Crippen MR) is 74.4 cm³/mol. The first-order valence-corrected chi connectivity index (χ1v) is 6.86. The van der Waals surface area contributed by atoms with Crippen LogP contribution in [0.1, 0.15) is 30.3 Å². The molecule has 132 valence electrons. The van der Waals surface area contributed by atoms with Gasteiger partial charge in [0.05, 0.1) is 28.2 Å². The number of hydrogen-bond donors (Lipinski definition) is 2. The highest BCUT2D eigenvalue weighted by Crippen LogP contribution is 2.37. The smallest absolute Gasteiger partial charge is 0.340 e. The number of imidazole rings is 1. The number of nitrogens with zero attached hydrogens (tertiary/aromatic N) is 3. The molecule has 11 heteroatoms. The van der Waals surface area contributed by atoms with Crippen LogP contribution < -0.4 is 5.43 Å². The summed E-state index contributed by atoms with van der Waals surface area (Å²) in [5.41, 5.74) is -1.82. The Morgan fingerprint density at radius 3 is 2.36 bits per heavy atom. The van der Waals surface area contributed by atoms with Gasteiger partial charge in [-0.25, -0.2) is 4.98 Å². The molecule has 0 spiro atoms. The van der Waals surface area contributed by atoms with E-state index in [9.17, 15) is 26.3 Å². The SMILES string of the molecule is CC1(c2nc3cc(C#N)c(C(F)(F)F)cc3[nH]2)CC(C(F)(F)F)=NN1. The molecule has 5 nitrogen and oxygen atoms in total. The minimum absolute atomic E-state index is 0.00582. The van der Waals surface area contributed by atoms with Gasteiger partial charge in [-0.15, -0.1) is 0 Å². The van der Waals surface area contributed by atoms with Crippen LogP contribution in [-0.4, -0.2) is 21.9 Å². The topological polar surface area (TPSA) is 76.9 Å². The maximum atomic E-state index is 13.0.